The molecular formula is C22H22F6N8O8S2. The van der Waals surface area contributed by atoms with Crippen LogP contribution in [0.15, 0.2) is 43.4 Å². The first-order chi connectivity index (χ1) is 20.7. The molecule has 2 heterocycles. The molecule has 252 valence electrons. The van der Waals surface area contributed by atoms with E-state index in [1.807, 2.05) is 4.98 Å². The highest BCUT2D eigenvalue weighted by atomic mass is 32.2. The number of hydrogen-bond donors (Lipinski definition) is 5. The molecule has 0 aliphatic carbocycles. The van der Waals surface area contributed by atoms with Crippen molar-refractivity contribution in [3.05, 3.63) is 77.1 Å². The van der Waals surface area contributed by atoms with Gasteiger partial charge in [-0.3, -0.25) is 9.59 Å². The van der Waals surface area contributed by atoms with E-state index in [1.54, 1.807) is 9.66 Å². The summed E-state index contributed by atoms with van der Waals surface area (Å²) in [4.78, 5) is 56.3. The third-order valence-electron chi connectivity index (χ3n) is 5.69. The predicted octanol–water partition coefficient (Wildman–Crippen LogP) is 0.0716. The van der Waals surface area contributed by atoms with Crippen molar-refractivity contribution in [1.29, 1.82) is 0 Å². The topological polar surface area (TPSA) is 231 Å². The first-order valence-corrected chi connectivity index (χ1v) is 15.7. The number of nitrogens with two attached hydrogens (primary N) is 1. The Balaban J connectivity index is 0.000000251. The maximum Gasteiger partial charge on any atom is 0.418 e. The number of anilines is 2. The van der Waals surface area contributed by atoms with Crippen LogP contribution < -0.4 is 42.8 Å². The van der Waals surface area contributed by atoms with Crippen LogP contribution in [0.1, 0.15) is 11.1 Å². The van der Waals surface area contributed by atoms with E-state index in [9.17, 15) is 62.4 Å². The molecule has 0 saturated carbocycles. The second-order valence-corrected chi connectivity index (χ2v) is 13.1. The number of H-pyrrole nitrogens is 2. The quantitative estimate of drug-likeness (QED) is 0.139. The molecule has 16 nitrogen and oxygen atoms in total. The Morgan fingerprint density at radius 2 is 1.07 bits per heavy atom. The van der Waals surface area contributed by atoms with E-state index < -0.39 is 77.2 Å². The van der Waals surface area contributed by atoms with Gasteiger partial charge in [0.1, 0.15) is 0 Å². The fourth-order valence-corrected chi connectivity index (χ4v) is 4.87. The van der Waals surface area contributed by atoms with Crippen LogP contribution in [0.5, 0.6) is 0 Å². The molecule has 2 aromatic carbocycles. The number of aromatic nitrogens is 4. The third-order valence-corrected chi connectivity index (χ3v) is 6.72. The number of fused-ring (bicyclic) bond motifs is 2. The van der Waals surface area contributed by atoms with Crippen molar-refractivity contribution in [2.45, 2.75) is 12.4 Å². The van der Waals surface area contributed by atoms with Crippen molar-refractivity contribution in [3.63, 3.8) is 0 Å². The van der Waals surface area contributed by atoms with E-state index >= 15 is 0 Å². The van der Waals surface area contributed by atoms with E-state index in [-0.39, 0.29) is 31.3 Å². The highest BCUT2D eigenvalue weighted by Gasteiger charge is 2.35. The van der Waals surface area contributed by atoms with Gasteiger partial charge in [-0.25, -0.2) is 36.1 Å². The first kappa shape index (κ1) is 35.5. The van der Waals surface area contributed by atoms with Gasteiger partial charge in [0.25, 0.3) is 11.1 Å². The van der Waals surface area contributed by atoms with Crippen molar-refractivity contribution in [1.82, 2.24) is 19.3 Å². The van der Waals surface area contributed by atoms with Crippen molar-refractivity contribution in [2.75, 3.05) is 46.9 Å². The van der Waals surface area contributed by atoms with Crippen LogP contribution in [0.3, 0.4) is 0 Å². The molecule has 0 radical (unpaired) electrons. The Kier molecular flexibility index (Phi) is 9.05. The number of nitrogens with zero attached hydrogens (tertiary/aromatic N) is 3. The summed E-state index contributed by atoms with van der Waals surface area (Å²) < 4.78 is 123. The van der Waals surface area contributed by atoms with Gasteiger partial charge in [0, 0.05) is 25.5 Å². The fraction of sp³-hybridized carbons (Fsp3) is 0.273. The summed E-state index contributed by atoms with van der Waals surface area (Å²) in [5.74, 6) is 0. The molecular weight excluding hydrogens is 682 g/mol. The summed E-state index contributed by atoms with van der Waals surface area (Å²) in [6, 6.07) is 2.81. The molecule has 6 N–H and O–H groups in total. The summed E-state index contributed by atoms with van der Waals surface area (Å²) in [7, 11) is -5.18. The van der Waals surface area contributed by atoms with E-state index in [2.05, 4.69) is 4.98 Å². The second-order valence-electron chi connectivity index (χ2n) is 9.66. The van der Waals surface area contributed by atoms with Crippen LogP contribution in [-0.4, -0.2) is 62.8 Å². The van der Waals surface area contributed by atoms with E-state index in [4.69, 9.17) is 5.73 Å². The average Bonchev–Trinajstić information content (AvgIpc) is 2.86. The largest absolute Gasteiger partial charge is 0.418 e. The van der Waals surface area contributed by atoms with Crippen molar-refractivity contribution in [3.8, 4) is 0 Å². The number of halogens is 6. The third kappa shape index (κ3) is 7.79. The van der Waals surface area contributed by atoms with E-state index in [0.717, 1.165) is 23.3 Å². The predicted molar refractivity (Wildman–Crippen MR) is 155 cm³/mol. The number of benzene rings is 2. The van der Waals surface area contributed by atoms with Crippen LogP contribution in [-0.2, 0) is 32.4 Å². The van der Waals surface area contributed by atoms with E-state index in [0.29, 0.717) is 18.4 Å². The van der Waals surface area contributed by atoms with Crippen LogP contribution in [0.4, 0.5) is 37.7 Å². The molecule has 0 amide bonds. The molecule has 0 unspecified atom stereocenters. The molecule has 2 aromatic heterocycles. The van der Waals surface area contributed by atoms with Crippen LogP contribution in [0.25, 0.3) is 21.8 Å². The lowest BCUT2D eigenvalue weighted by molar-refractivity contribution is -0.137. The van der Waals surface area contributed by atoms with Gasteiger partial charge < -0.3 is 20.6 Å². The number of hydrogen-bond acceptors (Lipinski definition) is 10. The molecule has 4 rings (SSSR count). The number of alkyl halides is 6. The minimum absolute atomic E-state index is 0.129. The molecule has 0 saturated heterocycles. The minimum Gasteiger partial charge on any atom is -0.398 e. The Morgan fingerprint density at radius 1 is 0.696 bits per heavy atom. The molecule has 24 heteroatoms. The molecule has 4 aromatic rings. The lowest BCUT2D eigenvalue weighted by Gasteiger charge is -2.20. The molecule has 0 atom stereocenters. The highest BCUT2D eigenvalue weighted by Crippen LogP contribution is 2.37. The number of aromatic amines is 2. The number of rotatable bonds is 5. The maximum atomic E-state index is 13.1. The van der Waals surface area contributed by atoms with Crippen molar-refractivity contribution < 1.29 is 43.2 Å². The van der Waals surface area contributed by atoms with Gasteiger partial charge >= 0.3 is 23.7 Å². The normalized spacial score (nSPS) is 12.5. The van der Waals surface area contributed by atoms with Gasteiger partial charge in [0.05, 0.1) is 45.4 Å². The smallest absolute Gasteiger partial charge is 0.398 e. The van der Waals surface area contributed by atoms with Crippen molar-refractivity contribution in [2.24, 2.45) is 0 Å². The zero-order chi connectivity index (χ0) is 35.3. The lowest BCUT2D eigenvalue weighted by atomic mass is 10.1. The number of nitrogen functional groups attached to an aromatic ring is 1. The summed E-state index contributed by atoms with van der Waals surface area (Å²) in [6.07, 6.45) is -8.05. The van der Waals surface area contributed by atoms with E-state index in [1.165, 1.54) is 14.1 Å². The van der Waals surface area contributed by atoms with Gasteiger partial charge in [0.15, 0.2) is 0 Å². The SMILES string of the molecule is CN(C)c1cc2c(=O)n(NS(C)(=O)=O)c(=O)[nH]c2cc1C(F)(F)F.CS(=O)(=O)Nn1c(=O)[nH]c2cc(C(F)(F)F)c(N)cc2c1=O. The first-order valence-electron chi connectivity index (χ1n) is 11.9. The summed E-state index contributed by atoms with van der Waals surface area (Å²) in [5.41, 5.74) is -3.47. The van der Waals surface area contributed by atoms with Gasteiger partial charge in [-0.05, 0) is 24.3 Å². The van der Waals surface area contributed by atoms with Crippen LogP contribution in [0.2, 0.25) is 0 Å². The number of sulfonamides is 2. The summed E-state index contributed by atoms with van der Waals surface area (Å²) >= 11 is 0. The molecule has 0 fully saturated rings. The Bertz CT molecular complexity index is 2320. The van der Waals surface area contributed by atoms with Crippen molar-refractivity contribution >= 4 is 53.2 Å². The highest BCUT2D eigenvalue weighted by molar-refractivity contribution is 7.91. The Morgan fingerprint density at radius 3 is 1.41 bits per heavy atom. The molecule has 46 heavy (non-hydrogen) atoms. The summed E-state index contributed by atoms with van der Waals surface area (Å²) in [5, 5.41) is -0.649. The van der Waals surface area contributed by atoms with Gasteiger partial charge in [0.2, 0.25) is 20.0 Å². The second kappa shape index (κ2) is 11.7. The molecule has 0 spiro atoms. The molecule has 0 bridgehead atoms. The van der Waals surface area contributed by atoms with Crippen LogP contribution >= 0.6 is 0 Å². The number of nitrogens with one attached hydrogen (secondary N) is 4. The maximum absolute atomic E-state index is 13.1. The van der Waals surface area contributed by atoms with Gasteiger partial charge in [-0.2, -0.15) is 35.7 Å². The monoisotopic (exact) mass is 704 g/mol. The Labute approximate surface area is 252 Å². The van der Waals surface area contributed by atoms with Crippen LogP contribution in [0, 0.1) is 0 Å². The average molecular weight is 705 g/mol. The van der Waals surface area contributed by atoms with Gasteiger partial charge in [-0.15, -0.1) is 0 Å². The fourth-order valence-electron chi connectivity index (χ4n) is 3.87. The molecule has 0 aliphatic heterocycles. The Hall–Kier alpha value is -5.00. The molecule has 0 aliphatic rings. The lowest BCUT2D eigenvalue weighted by Crippen LogP contribution is -2.43. The zero-order valence-electron chi connectivity index (χ0n) is 23.6. The minimum atomic E-state index is -4.77. The zero-order valence-corrected chi connectivity index (χ0v) is 25.2. The van der Waals surface area contributed by atoms with Gasteiger partial charge in [-0.1, -0.05) is 0 Å². The standard InChI is InChI=1S/C12H13F3N4O4S.C10H9F3N4O4S/c1-18(2)9-4-6-8(5-7(9)12(13,14)15)16-11(21)19(10(6)20)17-24(3,22)23;1-22(20,21)16-17-8(18)4-2-6(14)5(10(11,12)13)3-7(4)15-9(17)19/h4-5,17H,1-3H3,(H,16,21);2-3,16H,14H2,1H3,(H,15,19). The summed E-state index contributed by atoms with van der Waals surface area (Å²) in [6.45, 7) is 0.